The number of aromatic amines is 1. The van der Waals surface area contributed by atoms with Gasteiger partial charge in [0.25, 0.3) is 0 Å². The van der Waals surface area contributed by atoms with Crippen LogP contribution in [0.25, 0.3) is 10.9 Å². The van der Waals surface area contributed by atoms with Gasteiger partial charge < -0.3 is 19.6 Å². The van der Waals surface area contributed by atoms with Crippen LogP contribution in [0.15, 0.2) is 12.4 Å². The summed E-state index contributed by atoms with van der Waals surface area (Å²) in [5, 5.41) is 10.1. The molecular weight excluding hydrogens is 223 g/mol. The number of nitrogens with zero attached hydrogens (tertiary/aromatic N) is 1. The Morgan fingerprint density at radius 2 is 2.07 bits per heavy atom. The van der Waals surface area contributed by atoms with Gasteiger partial charge in [-0.15, -0.1) is 0 Å². The Hall–Kier alpha value is -0.274. The first-order chi connectivity index (χ1) is 6.77. The average Bonchev–Trinajstić information content (AvgIpc) is 2.60. The zero-order valence-corrected chi connectivity index (χ0v) is 7.87. The van der Waals surface area contributed by atoms with Crippen molar-refractivity contribution in [3.05, 3.63) is 12.4 Å². The molecule has 0 fully saturated rings. The van der Waals surface area contributed by atoms with Crippen LogP contribution in [0.4, 0.5) is 0 Å². The Morgan fingerprint density at radius 3 is 2.67 bits per heavy atom. The molecule has 0 aromatic carbocycles. The number of nitrogens with one attached hydrogen (secondary N) is 1. The van der Waals surface area contributed by atoms with E-state index >= 15 is 0 Å². The van der Waals surface area contributed by atoms with Gasteiger partial charge in [0.2, 0.25) is 5.88 Å². The molecule has 76 valence electrons. The van der Waals surface area contributed by atoms with Crippen LogP contribution in [0.1, 0.15) is 0 Å². The Balaban J connectivity index is 0.00000112. The number of hydrogen-bond acceptors (Lipinski definition) is 4. The molecular formula is C9H11KN2O3. The van der Waals surface area contributed by atoms with E-state index in [9.17, 15) is 5.11 Å². The van der Waals surface area contributed by atoms with Gasteiger partial charge in [-0.05, 0) is 0 Å². The van der Waals surface area contributed by atoms with Crippen molar-refractivity contribution in [3.63, 3.8) is 0 Å². The third-order valence-electron chi connectivity index (χ3n) is 2.03. The van der Waals surface area contributed by atoms with Gasteiger partial charge >= 0.3 is 51.4 Å². The summed E-state index contributed by atoms with van der Waals surface area (Å²) in [6.45, 7) is 0. The standard InChI is InChI=1S/C9H10N2O3.K.H/c1-13-6-4-11-9(14-2)8-7(6)5(12)3-10-8;;/h3-4,10,12H,1-2H3;;. The minimum absolute atomic E-state index is 0. The monoisotopic (exact) mass is 234 g/mol. The van der Waals surface area contributed by atoms with Crippen LogP contribution in [0, 0.1) is 0 Å². The van der Waals surface area contributed by atoms with Crippen molar-refractivity contribution in [2.45, 2.75) is 0 Å². The molecule has 2 heterocycles. The fourth-order valence-electron chi connectivity index (χ4n) is 1.39. The molecule has 6 heteroatoms. The van der Waals surface area contributed by atoms with E-state index in [-0.39, 0.29) is 57.1 Å². The minimum atomic E-state index is 0. The second-order valence-corrected chi connectivity index (χ2v) is 2.76. The zero-order chi connectivity index (χ0) is 10.1. The number of ether oxygens (including phenoxy) is 2. The van der Waals surface area contributed by atoms with Crippen molar-refractivity contribution in [2.24, 2.45) is 0 Å². The number of hydrogen-bond donors (Lipinski definition) is 2. The number of fused-ring (bicyclic) bond motifs is 1. The van der Waals surface area contributed by atoms with E-state index in [4.69, 9.17) is 9.47 Å². The van der Waals surface area contributed by atoms with Crippen LogP contribution in [0.5, 0.6) is 17.4 Å². The Kier molecular flexibility index (Phi) is 4.41. The molecule has 15 heavy (non-hydrogen) atoms. The molecule has 2 aromatic heterocycles. The van der Waals surface area contributed by atoms with E-state index < -0.39 is 0 Å². The number of aromatic nitrogens is 2. The summed E-state index contributed by atoms with van der Waals surface area (Å²) >= 11 is 0. The van der Waals surface area contributed by atoms with Crippen molar-refractivity contribution in [1.29, 1.82) is 0 Å². The summed E-state index contributed by atoms with van der Waals surface area (Å²) < 4.78 is 10.1. The predicted octanol–water partition coefficient (Wildman–Crippen LogP) is 0.637. The first-order valence-corrected chi connectivity index (χ1v) is 4.05. The van der Waals surface area contributed by atoms with Gasteiger partial charge in [-0.2, -0.15) is 0 Å². The molecule has 0 atom stereocenters. The maximum absolute atomic E-state index is 9.55. The van der Waals surface area contributed by atoms with Crippen LogP contribution in [-0.4, -0.2) is 80.7 Å². The number of pyridine rings is 1. The van der Waals surface area contributed by atoms with E-state index in [1.54, 1.807) is 0 Å². The molecule has 0 aliphatic rings. The molecule has 2 N–H and O–H groups in total. The summed E-state index contributed by atoms with van der Waals surface area (Å²) in [6.07, 6.45) is 2.98. The Labute approximate surface area is 129 Å². The van der Waals surface area contributed by atoms with Gasteiger partial charge in [0, 0.05) is 6.20 Å². The van der Waals surface area contributed by atoms with Crippen LogP contribution < -0.4 is 9.47 Å². The van der Waals surface area contributed by atoms with Crippen molar-refractivity contribution in [2.75, 3.05) is 14.2 Å². The summed E-state index contributed by atoms with van der Waals surface area (Å²) in [5.41, 5.74) is 0.629. The molecule has 0 spiro atoms. The van der Waals surface area contributed by atoms with Crippen molar-refractivity contribution in [3.8, 4) is 17.4 Å². The van der Waals surface area contributed by atoms with Gasteiger partial charge in [0.15, 0.2) is 5.75 Å². The topological polar surface area (TPSA) is 67.4 Å². The van der Waals surface area contributed by atoms with E-state index in [2.05, 4.69) is 9.97 Å². The molecule has 2 aromatic rings. The molecule has 0 unspecified atom stereocenters. The predicted molar refractivity (Wildman–Crippen MR) is 58.0 cm³/mol. The number of methoxy groups -OCH3 is 2. The molecule has 0 aliphatic heterocycles. The summed E-state index contributed by atoms with van der Waals surface area (Å²) in [6, 6.07) is 0. The molecule has 0 aliphatic carbocycles. The molecule has 5 nitrogen and oxygen atoms in total. The Morgan fingerprint density at radius 1 is 1.33 bits per heavy atom. The van der Waals surface area contributed by atoms with E-state index in [1.165, 1.54) is 26.6 Å². The van der Waals surface area contributed by atoms with Crippen LogP contribution in [0.3, 0.4) is 0 Å². The third kappa shape index (κ3) is 2.14. The summed E-state index contributed by atoms with van der Waals surface area (Å²) in [5.74, 6) is 1.07. The van der Waals surface area contributed by atoms with Gasteiger partial charge in [-0.25, -0.2) is 4.98 Å². The second-order valence-electron chi connectivity index (χ2n) is 2.76. The third-order valence-corrected chi connectivity index (χ3v) is 2.03. The van der Waals surface area contributed by atoms with Crippen molar-refractivity contribution in [1.82, 2.24) is 9.97 Å². The fourth-order valence-corrected chi connectivity index (χ4v) is 1.39. The first kappa shape index (κ1) is 12.8. The molecule has 0 bridgehead atoms. The normalized spacial score (nSPS) is 9.73. The van der Waals surface area contributed by atoms with Gasteiger partial charge in [0.1, 0.15) is 11.3 Å². The molecule has 2 rings (SSSR count). The van der Waals surface area contributed by atoms with Crippen LogP contribution in [0.2, 0.25) is 0 Å². The average molecular weight is 234 g/mol. The molecule has 0 saturated carbocycles. The number of rotatable bonds is 2. The first-order valence-electron chi connectivity index (χ1n) is 4.05. The summed E-state index contributed by atoms with van der Waals surface area (Å²) in [4.78, 5) is 6.88. The van der Waals surface area contributed by atoms with Crippen molar-refractivity contribution < 1.29 is 14.6 Å². The maximum atomic E-state index is 9.55. The Bertz CT molecular complexity index is 470. The van der Waals surface area contributed by atoms with Gasteiger partial charge in [0.05, 0.1) is 25.8 Å². The van der Waals surface area contributed by atoms with E-state index in [0.717, 1.165) is 0 Å². The molecule has 0 amide bonds. The van der Waals surface area contributed by atoms with Crippen LogP contribution >= 0.6 is 0 Å². The zero-order valence-electron chi connectivity index (χ0n) is 7.87. The van der Waals surface area contributed by atoms with Gasteiger partial charge in [-0.3, -0.25) is 0 Å². The number of H-pyrrole nitrogens is 1. The fraction of sp³-hybridized carbons (Fsp3) is 0.222. The van der Waals surface area contributed by atoms with Crippen molar-refractivity contribution >= 4 is 62.3 Å². The van der Waals surface area contributed by atoms with E-state index in [1.807, 2.05) is 0 Å². The number of aromatic hydroxyl groups is 1. The summed E-state index contributed by atoms with van der Waals surface area (Å²) in [7, 11) is 3.04. The molecule has 0 radical (unpaired) electrons. The SMILES string of the molecule is COc1ncc(OC)c2c(O)c[nH]c12.[KH]. The molecule has 0 saturated heterocycles. The van der Waals surface area contributed by atoms with E-state index in [0.29, 0.717) is 22.5 Å². The van der Waals surface area contributed by atoms with Gasteiger partial charge in [-0.1, -0.05) is 0 Å². The second kappa shape index (κ2) is 5.18. The van der Waals surface area contributed by atoms with Crippen LogP contribution in [-0.2, 0) is 0 Å². The quantitative estimate of drug-likeness (QED) is 0.748.